The number of rotatable bonds is 3. The zero-order chi connectivity index (χ0) is 17.2. The van der Waals surface area contributed by atoms with Crippen molar-refractivity contribution in [2.75, 3.05) is 7.05 Å². The Balaban J connectivity index is 1.64. The highest BCUT2D eigenvalue weighted by Crippen LogP contribution is 2.41. The zero-order valence-corrected chi connectivity index (χ0v) is 15.0. The van der Waals surface area contributed by atoms with Crippen molar-refractivity contribution in [3.05, 3.63) is 76.7 Å². The van der Waals surface area contributed by atoms with Crippen molar-refractivity contribution < 1.29 is 0 Å². The first-order chi connectivity index (χ1) is 12.3. The summed E-state index contributed by atoms with van der Waals surface area (Å²) in [6.07, 6.45) is 5.23. The number of amidine groups is 1. The van der Waals surface area contributed by atoms with Crippen molar-refractivity contribution >= 4 is 33.3 Å². The molecule has 126 valence electrons. The van der Waals surface area contributed by atoms with Gasteiger partial charge in [-0.05, 0) is 23.4 Å². The maximum atomic E-state index is 6.58. The molecule has 4 rings (SSSR count). The normalized spacial score (nSPS) is 18.2. The van der Waals surface area contributed by atoms with Gasteiger partial charge < -0.3 is 11.1 Å². The molecule has 0 amide bonds. The smallest absolute Gasteiger partial charge is 0.129 e. The van der Waals surface area contributed by atoms with E-state index in [0.717, 1.165) is 17.8 Å². The molecule has 1 heterocycles. The van der Waals surface area contributed by atoms with Gasteiger partial charge in [0.2, 0.25) is 0 Å². The van der Waals surface area contributed by atoms with Crippen LogP contribution in [0.4, 0.5) is 0 Å². The number of nitrogens with zero attached hydrogens (tertiary/aromatic N) is 1. The Morgan fingerprint density at radius 1 is 1.16 bits per heavy atom. The van der Waals surface area contributed by atoms with Gasteiger partial charge in [-0.25, -0.2) is 0 Å². The first kappa shape index (κ1) is 16.1. The highest BCUT2D eigenvalue weighted by molar-refractivity contribution is 7.19. The monoisotopic (exact) mass is 347 g/mol. The summed E-state index contributed by atoms with van der Waals surface area (Å²) < 4.78 is 1.32. The van der Waals surface area contributed by atoms with E-state index in [4.69, 9.17) is 5.73 Å². The van der Waals surface area contributed by atoms with Crippen LogP contribution in [0.15, 0.2) is 65.7 Å². The molecule has 3 nitrogen and oxygen atoms in total. The van der Waals surface area contributed by atoms with E-state index in [0.29, 0.717) is 0 Å². The predicted octanol–water partition coefficient (Wildman–Crippen LogP) is 4.35. The molecule has 2 atom stereocenters. The van der Waals surface area contributed by atoms with E-state index < -0.39 is 0 Å². The van der Waals surface area contributed by atoms with Crippen LogP contribution in [0.25, 0.3) is 16.2 Å². The van der Waals surface area contributed by atoms with Crippen molar-refractivity contribution in [1.82, 2.24) is 5.32 Å². The highest BCUT2D eigenvalue weighted by atomic mass is 32.1. The molecule has 3 N–H and O–H groups in total. The molecule has 0 radical (unpaired) electrons. The fraction of sp³-hybridized carbons (Fsp3) is 0.190. The number of thiophene rings is 1. The number of nitrogens with two attached hydrogens (primary N) is 1. The average molecular weight is 347 g/mol. The third-order valence-electron chi connectivity index (χ3n) is 4.68. The molecule has 25 heavy (non-hydrogen) atoms. The summed E-state index contributed by atoms with van der Waals surface area (Å²) in [5.74, 6) is 1.09. The molecule has 1 aliphatic rings. The highest BCUT2D eigenvalue weighted by Gasteiger charge is 2.27. The summed E-state index contributed by atoms with van der Waals surface area (Å²) in [5.41, 5.74) is 8.96. The van der Waals surface area contributed by atoms with Gasteiger partial charge in [-0.15, -0.1) is 11.3 Å². The van der Waals surface area contributed by atoms with Gasteiger partial charge in [0, 0.05) is 28.1 Å². The Kier molecular flexibility index (Phi) is 4.38. The van der Waals surface area contributed by atoms with E-state index in [-0.39, 0.29) is 12.1 Å². The Morgan fingerprint density at radius 3 is 2.72 bits per heavy atom. The van der Waals surface area contributed by atoms with Crippen LogP contribution in [0.1, 0.15) is 28.3 Å². The molecule has 2 aromatic carbocycles. The van der Waals surface area contributed by atoms with Gasteiger partial charge in [0.25, 0.3) is 0 Å². The van der Waals surface area contributed by atoms with Crippen LogP contribution in [-0.4, -0.2) is 19.0 Å². The number of fused-ring (bicyclic) bond motifs is 3. The summed E-state index contributed by atoms with van der Waals surface area (Å²) in [4.78, 5) is 5.77. The first-order valence-electron chi connectivity index (χ1n) is 8.50. The largest absolute Gasteiger partial charge is 0.354 e. The van der Waals surface area contributed by atoms with E-state index in [1.807, 2.05) is 41.7 Å². The van der Waals surface area contributed by atoms with E-state index in [1.54, 1.807) is 7.05 Å². The molecule has 0 spiro atoms. The first-order valence-corrected chi connectivity index (χ1v) is 9.32. The molecule has 0 saturated heterocycles. The quantitative estimate of drug-likeness (QED) is 0.420. The SMILES string of the molecule is CN=C(NC(N)C1CC=Cc2c1sc1ccccc21)c1ccccc1. The van der Waals surface area contributed by atoms with Gasteiger partial charge in [0.15, 0.2) is 0 Å². The minimum Gasteiger partial charge on any atom is -0.354 e. The maximum absolute atomic E-state index is 6.58. The average Bonchev–Trinajstić information content (AvgIpc) is 3.05. The molecule has 0 saturated carbocycles. The molecule has 4 heteroatoms. The van der Waals surface area contributed by atoms with Crippen LogP contribution in [-0.2, 0) is 0 Å². The lowest BCUT2D eigenvalue weighted by Gasteiger charge is -2.27. The van der Waals surface area contributed by atoms with Crippen LogP contribution in [0, 0.1) is 0 Å². The van der Waals surface area contributed by atoms with E-state index in [9.17, 15) is 0 Å². The molecular weight excluding hydrogens is 326 g/mol. The summed E-state index contributed by atoms with van der Waals surface area (Å²) in [6, 6.07) is 18.7. The summed E-state index contributed by atoms with van der Waals surface area (Å²) in [7, 11) is 1.80. The van der Waals surface area contributed by atoms with Crippen molar-refractivity contribution in [2.45, 2.75) is 18.5 Å². The molecular formula is C21H21N3S. The fourth-order valence-electron chi connectivity index (χ4n) is 3.41. The minimum absolute atomic E-state index is 0.185. The van der Waals surface area contributed by atoms with Crippen LogP contribution in [0.2, 0.25) is 0 Å². The second-order valence-corrected chi connectivity index (χ2v) is 7.31. The second-order valence-electron chi connectivity index (χ2n) is 6.23. The van der Waals surface area contributed by atoms with Gasteiger partial charge in [0.05, 0.1) is 6.17 Å². The second kappa shape index (κ2) is 6.82. The zero-order valence-electron chi connectivity index (χ0n) is 14.1. The van der Waals surface area contributed by atoms with Gasteiger partial charge in [-0.3, -0.25) is 4.99 Å². The minimum atomic E-state index is -0.185. The molecule has 1 aromatic heterocycles. The Labute approximate surface area is 151 Å². The Hall–Kier alpha value is -2.43. The predicted molar refractivity (Wildman–Crippen MR) is 108 cm³/mol. The van der Waals surface area contributed by atoms with E-state index >= 15 is 0 Å². The van der Waals surface area contributed by atoms with Gasteiger partial charge >= 0.3 is 0 Å². The van der Waals surface area contributed by atoms with Crippen LogP contribution in [0.5, 0.6) is 0 Å². The Bertz CT molecular complexity index is 940. The maximum Gasteiger partial charge on any atom is 0.129 e. The topological polar surface area (TPSA) is 50.4 Å². The van der Waals surface area contributed by atoms with Gasteiger partial charge in [-0.2, -0.15) is 0 Å². The number of allylic oxidation sites excluding steroid dienone is 1. The van der Waals surface area contributed by atoms with E-state index in [2.05, 4.69) is 46.7 Å². The van der Waals surface area contributed by atoms with Gasteiger partial charge in [0.1, 0.15) is 5.84 Å². The number of hydrogen-bond acceptors (Lipinski definition) is 3. The van der Waals surface area contributed by atoms with Crippen LogP contribution in [0.3, 0.4) is 0 Å². The number of aliphatic imine (C=N–C) groups is 1. The van der Waals surface area contributed by atoms with Crippen molar-refractivity contribution in [3.63, 3.8) is 0 Å². The lowest BCUT2D eigenvalue weighted by molar-refractivity contribution is 0.512. The lowest BCUT2D eigenvalue weighted by Crippen LogP contribution is -2.46. The van der Waals surface area contributed by atoms with Crippen LogP contribution < -0.4 is 11.1 Å². The van der Waals surface area contributed by atoms with Crippen LogP contribution >= 0.6 is 11.3 Å². The summed E-state index contributed by atoms with van der Waals surface area (Å²) in [5, 5.41) is 4.76. The summed E-state index contributed by atoms with van der Waals surface area (Å²) in [6.45, 7) is 0. The molecule has 1 aliphatic carbocycles. The Morgan fingerprint density at radius 2 is 1.92 bits per heavy atom. The number of benzene rings is 2. The van der Waals surface area contributed by atoms with E-state index in [1.165, 1.54) is 20.5 Å². The van der Waals surface area contributed by atoms with Crippen molar-refractivity contribution in [2.24, 2.45) is 10.7 Å². The van der Waals surface area contributed by atoms with Gasteiger partial charge in [-0.1, -0.05) is 60.7 Å². The number of nitrogens with one attached hydrogen (secondary N) is 1. The molecule has 0 bridgehead atoms. The third-order valence-corrected chi connectivity index (χ3v) is 6.00. The van der Waals surface area contributed by atoms with Crippen molar-refractivity contribution in [1.29, 1.82) is 0 Å². The molecule has 3 aromatic rings. The van der Waals surface area contributed by atoms with Crippen molar-refractivity contribution in [3.8, 4) is 0 Å². The molecule has 0 fully saturated rings. The standard InChI is InChI=1S/C21H21N3S/c1-23-21(14-8-3-2-4-9-14)24-20(22)17-12-7-11-16-15-10-5-6-13-18(15)25-19(16)17/h2-11,13,17,20H,12,22H2,1H3,(H,23,24). The third kappa shape index (κ3) is 2.99. The summed E-state index contributed by atoms with van der Waals surface area (Å²) >= 11 is 1.86. The molecule has 0 aliphatic heterocycles. The lowest BCUT2D eigenvalue weighted by atomic mass is 9.90. The fourth-order valence-corrected chi connectivity index (χ4v) is 4.77. The number of hydrogen-bond donors (Lipinski definition) is 2. The molecule has 2 unspecified atom stereocenters.